The number of methoxy groups -OCH3 is 1. The summed E-state index contributed by atoms with van der Waals surface area (Å²) in [5.74, 6) is -1.19. The topological polar surface area (TPSA) is 70.7 Å². The first kappa shape index (κ1) is 18.4. The van der Waals surface area contributed by atoms with E-state index in [4.69, 9.17) is 4.74 Å². The molecule has 1 aromatic rings. The molecule has 0 bridgehead atoms. The van der Waals surface area contributed by atoms with Crippen LogP contribution in [0.15, 0.2) is 18.2 Å². The molecule has 6 nitrogen and oxygen atoms in total. The largest absolute Gasteiger partial charge is 0.383 e. The molecule has 2 rings (SSSR count). The maximum atomic E-state index is 12.1. The number of rotatable bonds is 5. The fraction of sp³-hybridized carbons (Fsp3) is 0.556. The lowest BCUT2D eigenvalue weighted by Crippen LogP contribution is -2.50. The smallest absolute Gasteiger partial charge is 0.313 e. The van der Waals surface area contributed by atoms with Crippen molar-refractivity contribution in [3.05, 3.63) is 29.3 Å². The molecule has 1 fully saturated rings. The van der Waals surface area contributed by atoms with Crippen LogP contribution in [0, 0.1) is 13.8 Å². The number of ether oxygens (including phenoxy) is 1. The number of amides is 2. The van der Waals surface area contributed by atoms with E-state index in [-0.39, 0.29) is 6.04 Å². The summed E-state index contributed by atoms with van der Waals surface area (Å²) in [4.78, 5) is 26.5. The number of carbonyl (C=O) groups excluding carboxylic acids is 2. The Morgan fingerprint density at radius 3 is 2.58 bits per heavy atom. The van der Waals surface area contributed by atoms with E-state index in [9.17, 15) is 9.59 Å². The van der Waals surface area contributed by atoms with Crippen LogP contribution in [-0.2, 0) is 14.3 Å². The molecule has 0 saturated carbocycles. The number of hydrogen-bond donors (Lipinski definition) is 2. The molecule has 2 amide bonds. The quantitative estimate of drug-likeness (QED) is 0.801. The van der Waals surface area contributed by atoms with Gasteiger partial charge in [0, 0.05) is 31.9 Å². The van der Waals surface area contributed by atoms with Crippen LogP contribution in [0.2, 0.25) is 0 Å². The zero-order chi connectivity index (χ0) is 17.5. The fourth-order valence-corrected chi connectivity index (χ4v) is 3.08. The molecule has 1 heterocycles. The lowest BCUT2D eigenvalue weighted by molar-refractivity contribution is -0.136. The molecule has 24 heavy (non-hydrogen) atoms. The molecule has 1 atom stereocenters. The lowest BCUT2D eigenvalue weighted by atomic mass is 10.1. The Labute approximate surface area is 143 Å². The number of likely N-dealkylation sites (tertiary alicyclic amines) is 1. The van der Waals surface area contributed by atoms with E-state index in [1.807, 2.05) is 32.0 Å². The summed E-state index contributed by atoms with van der Waals surface area (Å²) in [6.45, 7) is 7.20. The number of carbonyl (C=O) groups is 2. The van der Waals surface area contributed by atoms with Crippen molar-refractivity contribution >= 4 is 17.5 Å². The number of piperidine rings is 1. The van der Waals surface area contributed by atoms with Gasteiger partial charge in [-0.15, -0.1) is 0 Å². The van der Waals surface area contributed by atoms with Crippen molar-refractivity contribution in [2.24, 2.45) is 0 Å². The summed E-state index contributed by atoms with van der Waals surface area (Å²) in [7, 11) is 1.68. The van der Waals surface area contributed by atoms with Crippen LogP contribution in [0.3, 0.4) is 0 Å². The zero-order valence-corrected chi connectivity index (χ0v) is 14.7. The fourth-order valence-electron chi connectivity index (χ4n) is 3.08. The van der Waals surface area contributed by atoms with Gasteiger partial charge in [-0.2, -0.15) is 0 Å². The van der Waals surface area contributed by atoms with Gasteiger partial charge in [0.1, 0.15) is 0 Å². The SMILES string of the molecule is COCCN1CCC[C@H](NC(=O)C(=O)Nc2cc(C)cc(C)c2)C1. The predicted molar refractivity (Wildman–Crippen MR) is 94.0 cm³/mol. The highest BCUT2D eigenvalue weighted by Gasteiger charge is 2.23. The Kier molecular flexibility index (Phi) is 6.75. The van der Waals surface area contributed by atoms with E-state index in [1.54, 1.807) is 7.11 Å². The third-order valence-electron chi connectivity index (χ3n) is 4.14. The summed E-state index contributed by atoms with van der Waals surface area (Å²) in [6, 6.07) is 5.73. The van der Waals surface area contributed by atoms with Crippen molar-refractivity contribution in [2.45, 2.75) is 32.7 Å². The average molecular weight is 333 g/mol. The van der Waals surface area contributed by atoms with E-state index in [2.05, 4.69) is 15.5 Å². The minimum Gasteiger partial charge on any atom is -0.383 e. The van der Waals surface area contributed by atoms with Crippen LogP contribution in [0.4, 0.5) is 5.69 Å². The van der Waals surface area contributed by atoms with Crippen LogP contribution in [0.1, 0.15) is 24.0 Å². The number of aryl methyl sites for hydroxylation is 2. The van der Waals surface area contributed by atoms with Crippen molar-refractivity contribution in [3.8, 4) is 0 Å². The van der Waals surface area contributed by atoms with E-state index in [0.717, 1.165) is 43.6 Å². The second kappa shape index (κ2) is 8.80. The molecular formula is C18H27N3O3. The van der Waals surface area contributed by atoms with Gasteiger partial charge in [0.15, 0.2) is 0 Å². The number of anilines is 1. The van der Waals surface area contributed by atoms with E-state index in [1.165, 1.54) is 0 Å². The van der Waals surface area contributed by atoms with Gasteiger partial charge < -0.3 is 15.4 Å². The minimum atomic E-state index is -0.617. The Morgan fingerprint density at radius 2 is 1.92 bits per heavy atom. The van der Waals surface area contributed by atoms with Gasteiger partial charge in [-0.3, -0.25) is 14.5 Å². The molecule has 0 aliphatic carbocycles. The maximum Gasteiger partial charge on any atom is 0.313 e. The molecule has 132 valence electrons. The monoisotopic (exact) mass is 333 g/mol. The lowest BCUT2D eigenvalue weighted by Gasteiger charge is -2.32. The van der Waals surface area contributed by atoms with Gasteiger partial charge in [0.25, 0.3) is 0 Å². The molecular weight excluding hydrogens is 306 g/mol. The normalized spacial score (nSPS) is 18.2. The van der Waals surface area contributed by atoms with Gasteiger partial charge in [0.2, 0.25) is 0 Å². The van der Waals surface area contributed by atoms with Crippen molar-refractivity contribution in [1.29, 1.82) is 0 Å². The van der Waals surface area contributed by atoms with E-state index < -0.39 is 11.8 Å². The predicted octanol–water partition coefficient (Wildman–Crippen LogP) is 1.47. The summed E-state index contributed by atoms with van der Waals surface area (Å²) < 4.78 is 5.09. The van der Waals surface area contributed by atoms with Crippen molar-refractivity contribution in [1.82, 2.24) is 10.2 Å². The van der Waals surface area contributed by atoms with Crippen LogP contribution in [-0.4, -0.2) is 56.1 Å². The maximum absolute atomic E-state index is 12.1. The first-order valence-corrected chi connectivity index (χ1v) is 8.39. The third-order valence-corrected chi connectivity index (χ3v) is 4.14. The second-order valence-electron chi connectivity index (χ2n) is 6.44. The first-order valence-electron chi connectivity index (χ1n) is 8.39. The minimum absolute atomic E-state index is 0.00750. The Bertz CT molecular complexity index is 569. The average Bonchev–Trinajstić information content (AvgIpc) is 2.52. The molecule has 2 N–H and O–H groups in total. The molecule has 1 aromatic carbocycles. The van der Waals surface area contributed by atoms with E-state index >= 15 is 0 Å². The van der Waals surface area contributed by atoms with Crippen molar-refractivity contribution in [3.63, 3.8) is 0 Å². The number of benzene rings is 1. The van der Waals surface area contributed by atoms with Gasteiger partial charge in [-0.1, -0.05) is 6.07 Å². The van der Waals surface area contributed by atoms with Crippen LogP contribution < -0.4 is 10.6 Å². The van der Waals surface area contributed by atoms with E-state index in [0.29, 0.717) is 12.3 Å². The van der Waals surface area contributed by atoms with Crippen molar-refractivity contribution < 1.29 is 14.3 Å². The zero-order valence-electron chi connectivity index (χ0n) is 14.7. The summed E-state index contributed by atoms with van der Waals surface area (Å²) >= 11 is 0. The molecule has 0 aromatic heterocycles. The molecule has 0 spiro atoms. The van der Waals surface area contributed by atoms with Crippen molar-refractivity contribution in [2.75, 3.05) is 38.7 Å². The highest BCUT2D eigenvalue weighted by molar-refractivity contribution is 6.39. The number of nitrogens with one attached hydrogen (secondary N) is 2. The Balaban J connectivity index is 1.85. The molecule has 1 aliphatic heterocycles. The second-order valence-corrected chi connectivity index (χ2v) is 6.44. The van der Waals surface area contributed by atoms with Gasteiger partial charge in [-0.05, 0) is 56.5 Å². The Morgan fingerprint density at radius 1 is 1.21 bits per heavy atom. The standard InChI is InChI=1S/C18H27N3O3/c1-13-9-14(2)11-16(10-13)20-18(23)17(22)19-15-5-4-6-21(12-15)7-8-24-3/h9-11,15H,4-8,12H2,1-3H3,(H,19,22)(H,20,23)/t15-/m0/s1. The summed E-state index contributed by atoms with van der Waals surface area (Å²) in [5.41, 5.74) is 2.75. The van der Waals surface area contributed by atoms with Gasteiger partial charge in [-0.25, -0.2) is 0 Å². The van der Waals surface area contributed by atoms with Crippen LogP contribution >= 0.6 is 0 Å². The van der Waals surface area contributed by atoms with Gasteiger partial charge in [0.05, 0.1) is 6.61 Å². The molecule has 1 aliphatic rings. The highest BCUT2D eigenvalue weighted by atomic mass is 16.5. The van der Waals surface area contributed by atoms with Crippen LogP contribution in [0.5, 0.6) is 0 Å². The summed E-state index contributed by atoms with van der Waals surface area (Å²) in [5, 5.41) is 5.51. The Hall–Kier alpha value is -1.92. The molecule has 0 unspecified atom stereocenters. The molecule has 6 heteroatoms. The molecule has 1 saturated heterocycles. The number of hydrogen-bond acceptors (Lipinski definition) is 4. The molecule has 0 radical (unpaired) electrons. The number of nitrogens with zero attached hydrogens (tertiary/aromatic N) is 1. The first-order chi connectivity index (χ1) is 11.5. The summed E-state index contributed by atoms with van der Waals surface area (Å²) in [6.07, 6.45) is 1.90. The van der Waals surface area contributed by atoms with Gasteiger partial charge >= 0.3 is 11.8 Å². The third kappa shape index (κ3) is 5.62. The van der Waals surface area contributed by atoms with Crippen LogP contribution in [0.25, 0.3) is 0 Å². The highest BCUT2D eigenvalue weighted by Crippen LogP contribution is 2.14.